The maximum absolute atomic E-state index is 12.3. The molecule has 3 amide bonds. The molecule has 3 rings (SSSR count). The number of nitrogens with one attached hydrogen (secondary N) is 2. The summed E-state index contributed by atoms with van der Waals surface area (Å²) in [4.78, 5) is 45.2. The first-order chi connectivity index (χ1) is 14.4. The zero-order valence-corrected chi connectivity index (χ0v) is 17.7. The summed E-state index contributed by atoms with van der Waals surface area (Å²) in [5, 5.41) is 9.46. The van der Waals surface area contributed by atoms with Crippen molar-refractivity contribution in [3.63, 3.8) is 0 Å². The van der Waals surface area contributed by atoms with E-state index in [0.717, 1.165) is 19.3 Å². The smallest absolute Gasteiger partial charge is 0.314 e. The number of allylic oxidation sites excluding steroid dienone is 1. The molecule has 160 valence electrons. The standard InChI is InChI=1S/C21H28N6O3/c1-4-16-14(3)23-21(25-18(16)28)27-17(12-13(2)26-27)24-20(30)19(29)22-11-10-15-8-6-5-7-9-15/h8,12,16H,4-7,9-11H2,1-3H3,(H,22,29)(H,24,30). The predicted octanol–water partition coefficient (Wildman–Crippen LogP) is 2.37. The van der Waals surface area contributed by atoms with Crippen molar-refractivity contribution < 1.29 is 14.4 Å². The zero-order valence-electron chi connectivity index (χ0n) is 17.7. The summed E-state index contributed by atoms with van der Waals surface area (Å²) >= 11 is 0. The van der Waals surface area contributed by atoms with Crippen LogP contribution in [0.3, 0.4) is 0 Å². The summed E-state index contributed by atoms with van der Waals surface area (Å²) in [7, 11) is 0. The number of hydrogen-bond acceptors (Lipinski definition) is 5. The first kappa shape index (κ1) is 21.6. The average Bonchev–Trinajstić information content (AvgIpc) is 3.08. The SMILES string of the molecule is CCC1C(=O)N=C(n2nc(C)cc2NC(=O)C(=O)NCCC2=CCCCC2)N=C1C. The molecule has 9 heteroatoms. The van der Waals surface area contributed by atoms with Crippen molar-refractivity contribution in [2.45, 2.75) is 59.3 Å². The molecule has 1 aliphatic heterocycles. The quantitative estimate of drug-likeness (QED) is 0.570. The van der Waals surface area contributed by atoms with Crippen LogP contribution in [0.2, 0.25) is 0 Å². The van der Waals surface area contributed by atoms with E-state index in [2.05, 4.69) is 31.8 Å². The van der Waals surface area contributed by atoms with Crippen molar-refractivity contribution in [2.75, 3.05) is 11.9 Å². The Morgan fingerprint density at radius 3 is 2.67 bits per heavy atom. The Morgan fingerprint density at radius 1 is 1.20 bits per heavy atom. The Kier molecular flexibility index (Phi) is 6.91. The van der Waals surface area contributed by atoms with Crippen LogP contribution in [0.1, 0.15) is 58.1 Å². The highest BCUT2D eigenvalue weighted by molar-refractivity contribution is 6.39. The molecule has 1 aliphatic carbocycles. The largest absolute Gasteiger partial charge is 0.348 e. The van der Waals surface area contributed by atoms with Gasteiger partial charge in [0.25, 0.3) is 11.9 Å². The lowest BCUT2D eigenvalue weighted by molar-refractivity contribution is -0.136. The van der Waals surface area contributed by atoms with Crippen LogP contribution in [0.4, 0.5) is 5.82 Å². The summed E-state index contributed by atoms with van der Waals surface area (Å²) in [5.74, 6) is -1.84. The fourth-order valence-corrected chi connectivity index (χ4v) is 3.64. The van der Waals surface area contributed by atoms with E-state index < -0.39 is 11.8 Å². The van der Waals surface area contributed by atoms with Crippen molar-refractivity contribution in [3.8, 4) is 0 Å². The molecule has 1 aromatic heterocycles. The minimum Gasteiger partial charge on any atom is -0.348 e. The summed E-state index contributed by atoms with van der Waals surface area (Å²) < 4.78 is 1.28. The van der Waals surface area contributed by atoms with Gasteiger partial charge in [0.1, 0.15) is 5.82 Å². The van der Waals surface area contributed by atoms with Gasteiger partial charge in [0.15, 0.2) is 0 Å². The number of anilines is 1. The average molecular weight is 412 g/mol. The Morgan fingerprint density at radius 2 is 2.00 bits per heavy atom. The number of aromatic nitrogens is 2. The van der Waals surface area contributed by atoms with Crippen molar-refractivity contribution in [3.05, 3.63) is 23.4 Å². The summed E-state index contributed by atoms with van der Waals surface area (Å²) in [6.07, 6.45) is 8.11. The second-order valence-electron chi connectivity index (χ2n) is 7.62. The van der Waals surface area contributed by atoms with E-state index in [9.17, 15) is 14.4 Å². The van der Waals surface area contributed by atoms with E-state index in [1.54, 1.807) is 19.9 Å². The summed E-state index contributed by atoms with van der Waals surface area (Å²) in [6.45, 7) is 5.82. The Balaban J connectivity index is 1.64. The second kappa shape index (κ2) is 9.60. The number of carbonyl (C=O) groups is 3. The van der Waals surface area contributed by atoms with Crippen LogP contribution >= 0.6 is 0 Å². The highest BCUT2D eigenvalue weighted by Gasteiger charge is 2.27. The van der Waals surface area contributed by atoms with E-state index in [4.69, 9.17) is 0 Å². The number of hydrogen-bond donors (Lipinski definition) is 2. The molecule has 0 fully saturated rings. The summed E-state index contributed by atoms with van der Waals surface area (Å²) in [5.41, 5.74) is 2.57. The fraction of sp³-hybridized carbons (Fsp3) is 0.524. The fourth-order valence-electron chi connectivity index (χ4n) is 3.64. The van der Waals surface area contributed by atoms with Crippen LogP contribution in [-0.2, 0) is 14.4 Å². The highest BCUT2D eigenvalue weighted by atomic mass is 16.2. The van der Waals surface area contributed by atoms with Gasteiger partial charge in [-0.25, -0.2) is 4.99 Å². The topological polar surface area (TPSA) is 118 Å². The van der Waals surface area contributed by atoms with Gasteiger partial charge in [-0.15, -0.1) is 0 Å². The monoisotopic (exact) mass is 412 g/mol. The third-order valence-electron chi connectivity index (χ3n) is 5.28. The van der Waals surface area contributed by atoms with Crippen molar-refractivity contribution >= 4 is 35.2 Å². The van der Waals surface area contributed by atoms with E-state index >= 15 is 0 Å². The van der Waals surface area contributed by atoms with Crippen LogP contribution in [0.25, 0.3) is 0 Å². The maximum atomic E-state index is 12.3. The van der Waals surface area contributed by atoms with Gasteiger partial charge >= 0.3 is 11.8 Å². The van der Waals surface area contributed by atoms with Crippen molar-refractivity contribution in [1.29, 1.82) is 0 Å². The first-order valence-corrected chi connectivity index (χ1v) is 10.4. The molecule has 0 spiro atoms. The molecule has 2 heterocycles. The van der Waals surface area contributed by atoms with Crippen LogP contribution in [0.15, 0.2) is 27.7 Å². The van der Waals surface area contributed by atoms with Gasteiger partial charge in [-0.2, -0.15) is 14.8 Å². The normalized spacial score (nSPS) is 19.0. The third-order valence-corrected chi connectivity index (χ3v) is 5.28. The van der Waals surface area contributed by atoms with E-state index in [1.807, 2.05) is 6.92 Å². The molecule has 1 unspecified atom stereocenters. The lowest BCUT2D eigenvalue weighted by atomic mass is 9.97. The Bertz CT molecular complexity index is 941. The minimum absolute atomic E-state index is 0.0789. The van der Waals surface area contributed by atoms with Crippen LogP contribution in [-0.4, -0.2) is 45.7 Å². The number of nitrogens with zero attached hydrogens (tertiary/aromatic N) is 4. The highest BCUT2D eigenvalue weighted by Crippen LogP contribution is 2.19. The van der Waals surface area contributed by atoms with E-state index in [0.29, 0.717) is 24.4 Å². The van der Waals surface area contributed by atoms with Gasteiger partial charge in [0.2, 0.25) is 0 Å². The number of rotatable bonds is 5. The number of amides is 3. The molecule has 0 saturated heterocycles. The molecular weight excluding hydrogens is 384 g/mol. The van der Waals surface area contributed by atoms with E-state index in [1.165, 1.54) is 23.1 Å². The number of carbonyl (C=O) groups excluding carboxylic acids is 3. The van der Waals surface area contributed by atoms with Gasteiger partial charge in [-0.05, 0) is 52.4 Å². The van der Waals surface area contributed by atoms with Gasteiger partial charge in [-0.3, -0.25) is 14.4 Å². The van der Waals surface area contributed by atoms with Crippen LogP contribution in [0.5, 0.6) is 0 Å². The molecular formula is C21H28N6O3. The Labute approximate surface area is 175 Å². The zero-order chi connectivity index (χ0) is 21.7. The Hall–Kier alpha value is -3.10. The predicted molar refractivity (Wildman–Crippen MR) is 115 cm³/mol. The molecule has 1 atom stereocenters. The molecule has 1 aromatic rings. The molecule has 0 saturated carbocycles. The molecule has 2 aliphatic rings. The maximum Gasteiger partial charge on any atom is 0.314 e. The van der Waals surface area contributed by atoms with Crippen LogP contribution < -0.4 is 10.6 Å². The molecule has 0 aromatic carbocycles. The minimum atomic E-state index is -0.802. The van der Waals surface area contributed by atoms with Crippen LogP contribution in [0, 0.1) is 12.8 Å². The van der Waals surface area contributed by atoms with Gasteiger partial charge < -0.3 is 10.6 Å². The number of aliphatic imine (C=N–C) groups is 2. The van der Waals surface area contributed by atoms with Gasteiger partial charge in [-0.1, -0.05) is 18.6 Å². The van der Waals surface area contributed by atoms with Gasteiger partial charge in [0, 0.05) is 18.3 Å². The summed E-state index contributed by atoms with van der Waals surface area (Å²) in [6, 6.07) is 1.60. The van der Waals surface area contributed by atoms with E-state index in [-0.39, 0.29) is 23.6 Å². The molecule has 0 radical (unpaired) electrons. The molecule has 2 N–H and O–H groups in total. The molecule has 30 heavy (non-hydrogen) atoms. The number of aryl methyl sites for hydroxylation is 1. The van der Waals surface area contributed by atoms with Gasteiger partial charge in [0.05, 0.1) is 11.6 Å². The van der Waals surface area contributed by atoms with Crippen molar-refractivity contribution in [2.24, 2.45) is 15.9 Å². The van der Waals surface area contributed by atoms with Crippen molar-refractivity contribution in [1.82, 2.24) is 15.1 Å². The lowest BCUT2D eigenvalue weighted by Gasteiger charge is -2.17. The second-order valence-corrected chi connectivity index (χ2v) is 7.62. The third kappa shape index (κ3) is 5.08. The lowest BCUT2D eigenvalue weighted by Crippen LogP contribution is -2.37. The molecule has 0 bridgehead atoms. The first-order valence-electron chi connectivity index (χ1n) is 10.4. The molecule has 9 nitrogen and oxygen atoms in total.